The Balaban J connectivity index is 1.67. The third kappa shape index (κ3) is 6.06. The number of carboxylic acids is 1. The summed E-state index contributed by atoms with van der Waals surface area (Å²) >= 11 is 0. The maximum Gasteiger partial charge on any atom is 0.334 e. The van der Waals surface area contributed by atoms with E-state index >= 15 is 0 Å². The van der Waals surface area contributed by atoms with Gasteiger partial charge in [-0.15, -0.1) is 0 Å². The molecule has 39 heavy (non-hydrogen) atoms. The minimum atomic E-state index is -2.32. The average molecular weight is 562 g/mol. The molecule has 2 atom stereocenters. The van der Waals surface area contributed by atoms with E-state index in [1.54, 1.807) is 12.1 Å². The summed E-state index contributed by atoms with van der Waals surface area (Å²) in [4.78, 5) is 41.5. The first-order valence-electron chi connectivity index (χ1n) is 12.9. The van der Waals surface area contributed by atoms with Gasteiger partial charge in [-0.1, -0.05) is 25.7 Å². The predicted molar refractivity (Wildman–Crippen MR) is 143 cm³/mol. The van der Waals surface area contributed by atoms with Crippen LogP contribution in [-0.2, 0) is 20.7 Å². The summed E-state index contributed by atoms with van der Waals surface area (Å²) < 4.78 is 40.6. The van der Waals surface area contributed by atoms with Gasteiger partial charge < -0.3 is 29.7 Å². The lowest BCUT2D eigenvalue weighted by Crippen LogP contribution is -2.56. The van der Waals surface area contributed by atoms with Crippen LogP contribution in [0.5, 0.6) is 5.75 Å². The van der Waals surface area contributed by atoms with Crippen molar-refractivity contribution < 1.29 is 37.7 Å². The summed E-state index contributed by atoms with van der Waals surface area (Å²) in [6, 6.07) is 5.79. The van der Waals surface area contributed by atoms with Crippen LogP contribution in [0.1, 0.15) is 24.1 Å². The number of carbonyl (C=O) groups is 3. The van der Waals surface area contributed by atoms with E-state index in [1.807, 2.05) is 32.6 Å². The van der Waals surface area contributed by atoms with Crippen molar-refractivity contribution >= 4 is 36.9 Å². The molecule has 2 heterocycles. The van der Waals surface area contributed by atoms with Gasteiger partial charge in [0.05, 0.1) is 27.8 Å². The number of carboxylic acid groups (broad SMARTS) is 1. The Morgan fingerprint density at radius 3 is 2.44 bits per heavy atom. The molecular weight excluding hydrogens is 528 g/mol. The maximum atomic E-state index is 14.9. The maximum absolute atomic E-state index is 14.9. The van der Waals surface area contributed by atoms with Crippen LogP contribution in [0.15, 0.2) is 30.3 Å². The van der Waals surface area contributed by atoms with Crippen molar-refractivity contribution in [2.45, 2.75) is 45.1 Å². The summed E-state index contributed by atoms with van der Waals surface area (Å²) in [7, 11) is -2.32. The van der Waals surface area contributed by atoms with E-state index in [0.29, 0.717) is 24.3 Å². The van der Waals surface area contributed by atoms with E-state index in [4.69, 9.17) is 9.47 Å². The van der Waals surface area contributed by atoms with E-state index in [0.717, 1.165) is 17.7 Å². The van der Waals surface area contributed by atoms with Gasteiger partial charge in [-0.3, -0.25) is 4.79 Å². The molecule has 0 spiro atoms. The van der Waals surface area contributed by atoms with Crippen LogP contribution in [0.25, 0.3) is 0 Å². The molecule has 2 aromatic carbocycles. The van der Waals surface area contributed by atoms with Crippen molar-refractivity contribution in [2.24, 2.45) is 0 Å². The van der Waals surface area contributed by atoms with Crippen molar-refractivity contribution in [3.8, 4) is 5.75 Å². The van der Waals surface area contributed by atoms with Crippen molar-refractivity contribution in [3.63, 3.8) is 0 Å². The molecule has 1 saturated heterocycles. The van der Waals surface area contributed by atoms with Gasteiger partial charge in [0.2, 0.25) is 0 Å². The number of urea groups is 1. The molecule has 2 aliphatic heterocycles. The normalized spacial score (nSPS) is 19.3. The Hall–Kier alpha value is -3.51. The van der Waals surface area contributed by atoms with Gasteiger partial charge in [-0.2, -0.15) is 0 Å². The first kappa shape index (κ1) is 28.5. The van der Waals surface area contributed by atoms with Crippen LogP contribution in [0.3, 0.4) is 0 Å². The number of ether oxygens (including phenoxy) is 2. The quantitative estimate of drug-likeness (QED) is 0.524. The molecule has 0 bridgehead atoms. The molecule has 12 heteroatoms. The molecule has 0 aliphatic carbocycles. The number of carbonyl (C=O) groups excluding carboxylic acids is 2. The summed E-state index contributed by atoms with van der Waals surface area (Å²) in [6.45, 7) is 8.01. The van der Waals surface area contributed by atoms with Crippen molar-refractivity contribution in [3.05, 3.63) is 53.1 Å². The lowest BCUT2D eigenvalue weighted by atomic mass is 9.91. The summed E-state index contributed by atoms with van der Waals surface area (Å²) in [5.74, 6) is -2.65. The number of benzene rings is 2. The van der Waals surface area contributed by atoms with Gasteiger partial charge in [-0.25, -0.2) is 18.4 Å². The first-order chi connectivity index (χ1) is 18.4. The summed E-state index contributed by atoms with van der Waals surface area (Å²) in [5.41, 5.74) is 1.31. The zero-order valence-electron chi connectivity index (χ0n) is 22.4. The number of anilines is 1. The Morgan fingerprint density at radius 2 is 1.82 bits per heavy atom. The largest absolute Gasteiger partial charge is 0.494 e. The van der Waals surface area contributed by atoms with Crippen LogP contribution in [0, 0.1) is 11.6 Å². The molecule has 2 aliphatic rings. The van der Waals surface area contributed by atoms with Crippen LogP contribution in [0.4, 0.5) is 19.3 Å². The smallest absolute Gasteiger partial charge is 0.334 e. The number of hydrogen-bond acceptors (Lipinski definition) is 5. The van der Waals surface area contributed by atoms with Gasteiger partial charge in [-0.05, 0) is 48.7 Å². The third-order valence-electron chi connectivity index (χ3n) is 6.82. The number of morpholine rings is 1. The lowest BCUT2D eigenvalue weighted by Gasteiger charge is -2.41. The van der Waals surface area contributed by atoms with E-state index in [-0.39, 0.29) is 37.1 Å². The van der Waals surface area contributed by atoms with Gasteiger partial charge in [0, 0.05) is 24.0 Å². The number of fused-ring (bicyclic) bond motifs is 1. The minimum Gasteiger partial charge on any atom is -0.494 e. The van der Waals surface area contributed by atoms with Gasteiger partial charge >= 0.3 is 12.0 Å². The molecule has 9 nitrogen and oxygen atoms in total. The van der Waals surface area contributed by atoms with Crippen molar-refractivity contribution in [1.29, 1.82) is 0 Å². The highest BCUT2D eigenvalue weighted by atomic mass is 28.3. The van der Waals surface area contributed by atoms with Crippen LogP contribution < -0.4 is 15.2 Å². The van der Waals surface area contributed by atoms with Gasteiger partial charge in [0.25, 0.3) is 5.91 Å². The highest BCUT2D eigenvalue weighted by Gasteiger charge is 2.40. The molecule has 0 saturated carbocycles. The fraction of sp³-hybridized carbons (Fsp3) is 0.444. The Labute approximate surface area is 226 Å². The van der Waals surface area contributed by atoms with Gasteiger partial charge in [0.15, 0.2) is 6.10 Å². The monoisotopic (exact) mass is 561 g/mol. The second-order valence-electron chi connectivity index (χ2n) is 10.6. The zero-order valence-corrected chi connectivity index (χ0v) is 23.4. The molecule has 2 aromatic rings. The van der Waals surface area contributed by atoms with Crippen LogP contribution in [-0.4, -0.2) is 79.8 Å². The Morgan fingerprint density at radius 1 is 1.13 bits per heavy atom. The SMILES string of the molecule is CCOc1ccc2c(c1)CCN(C(=O)N1CCOC(C(=O)O)C1)C2C(=O)Nc1cc(F)c([Si](C)(C)C)c(F)c1. The highest BCUT2D eigenvalue weighted by molar-refractivity contribution is 6.88. The van der Waals surface area contributed by atoms with Crippen LogP contribution in [0.2, 0.25) is 19.6 Å². The summed E-state index contributed by atoms with van der Waals surface area (Å²) in [5, 5.41) is 12.0. The zero-order chi connectivity index (χ0) is 28.5. The number of hydrogen-bond donors (Lipinski definition) is 2. The number of halogens is 2. The number of rotatable bonds is 6. The molecule has 4 rings (SSSR count). The number of nitrogens with zero attached hydrogens (tertiary/aromatic N) is 2. The third-order valence-corrected chi connectivity index (χ3v) is 8.80. The topological polar surface area (TPSA) is 108 Å². The molecule has 3 amide bonds. The predicted octanol–water partition coefficient (Wildman–Crippen LogP) is 3.35. The standard InChI is InChI=1S/C27H33F2N3O6Si/c1-5-37-18-6-7-19-16(12-18)8-9-32(27(36)31-10-11-38-22(15-31)26(34)35)23(19)25(33)30-17-13-20(28)24(21(29)14-17)39(2,3)4/h6-7,12-14,22-23H,5,8-11,15H2,1-4H3,(H,30,33)(H,34,35). The second kappa shape index (κ2) is 11.3. The van der Waals surface area contributed by atoms with E-state index in [9.17, 15) is 28.3 Å². The molecule has 0 aromatic heterocycles. The highest BCUT2D eigenvalue weighted by Crippen LogP contribution is 2.34. The number of amides is 3. The Bertz CT molecular complexity index is 1260. The molecule has 210 valence electrons. The van der Waals surface area contributed by atoms with E-state index < -0.39 is 49.8 Å². The Kier molecular flexibility index (Phi) is 8.26. The molecule has 2 N–H and O–H groups in total. The molecule has 2 unspecified atom stereocenters. The van der Waals surface area contributed by atoms with Crippen LogP contribution >= 0.6 is 0 Å². The molecule has 1 fully saturated rings. The number of aliphatic carboxylic acids is 1. The number of nitrogens with one attached hydrogen (secondary N) is 1. The first-order valence-corrected chi connectivity index (χ1v) is 16.4. The summed E-state index contributed by atoms with van der Waals surface area (Å²) in [6.07, 6.45) is -0.733. The fourth-order valence-corrected chi connectivity index (χ4v) is 6.65. The molecule has 0 radical (unpaired) electrons. The fourth-order valence-electron chi connectivity index (χ4n) is 5.08. The van der Waals surface area contributed by atoms with E-state index in [2.05, 4.69) is 5.32 Å². The van der Waals surface area contributed by atoms with Crippen molar-refractivity contribution in [2.75, 3.05) is 38.2 Å². The minimum absolute atomic E-state index is 0.0453. The second-order valence-corrected chi connectivity index (χ2v) is 15.6. The lowest BCUT2D eigenvalue weighted by molar-refractivity contribution is -0.154. The van der Waals surface area contributed by atoms with Gasteiger partial charge in [0.1, 0.15) is 23.4 Å². The average Bonchev–Trinajstić information content (AvgIpc) is 2.86. The van der Waals surface area contributed by atoms with Crippen molar-refractivity contribution in [1.82, 2.24) is 9.80 Å². The van der Waals surface area contributed by atoms with E-state index in [1.165, 1.54) is 9.80 Å². The molecular formula is C27H33F2N3O6Si.